The minimum Gasteiger partial charge on any atom is -0.378 e. The van der Waals surface area contributed by atoms with Gasteiger partial charge in [0.25, 0.3) is 10.2 Å². The Morgan fingerprint density at radius 2 is 2.00 bits per heavy atom. The molecule has 100 valence electrons. The molecule has 0 N–H and O–H groups in total. The van der Waals surface area contributed by atoms with Crippen molar-refractivity contribution < 1.29 is 13.2 Å². The summed E-state index contributed by atoms with van der Waals surface area (Å²) in [6.45, 7) is 6.83. The Hall–Kier alpha value is -0.170. The lowest BCUT2D eigenvalue weighted by Gasteiger charge is -2.38. The van der Waals surface area contributed by atoms with Gasteiger partial charge in [0.1, 0.15) is 0 Å². The standard InChI is InChI=1S/C11H22N2O3S/c1-10-4-3-5-12(8-10)17(14,15)13-6-7-16-9-11(13)2/h10-11H,3-9H2,1-2H3/t10-,11+/m0/s1. The van der Waals surface area contributed by atoms with Gasteiger partial charge in [-0.25, -0.2) is 0 Å². The van der Waals surface area contributed by atoms with E-state index < -0.39 is 10.2 Å². The van der Waals surface area contributed by atoms with Crippen molar-refractivity contribution >= 4 is 10.2 Å². The predicted octanol–water partition coefficient (Wildman–Crippen LogP) is 0.684. The zero-order valence-corrected chi connectivity index (χ0v) is 11.4. The first-order valence-corrected chi connectivity index (χ1v) is 7.76. The van der Waals surface area contributed by atoms with Crippen LogP contribution in [-0.4, -0.2) is 55.9 Å². The van der Waals surface area contributed by atoms with Gasteiger partial charge in [-0.3, -0.25) is 0 Å². The minimum atomic E-state index is -3.28. The Bertz CT molecular complexity index is 358. The third kappa shape index (κ3) is 2.81. The van der Waals surface area contributed by atoms with Crippen LogP contribution in [0.25, 0.3) is 0 Å². The highest BCUT2D eigenvalue weighted by molar-refractivity contribution is 7.86. The summed E-state index contributed by atoms with van der Waals surface area (Å²) in [5.41, 5.74) is 0. The van der Waals surface area contributed by atoms with E-state index in [2.05, 4.69) is 6.92 Å². The number of ether oxygens (including phenoxy) is 1. The van der Waals surface area contributed by atoms with E-state index in [-0.39, 0.29) is 6.04 Å². The summed E-state index contributed by atoms with van der Waals surface area (Å²) in [6.07, 6.45) is 2.10. The van der Waals surface area contributed by atoms with Crippen molar-refractivity contribution in [3.8, 4) is 0 Å². The summed E-state index contributed by atoms with van der Waals surface area (Å²) >= 11 is 0. The number of hydrogen-bond donors (Lipinski definition) is 0. The van der Waals surface area contributed by atoms with Crippen molar-refractivity contribution in [2.24, 2.45) is 5.92 Å². The normalized spacial score (nSPS) is 33.8. The Labute approximate surface area is 104 Å². The molecule has 0 radical (unpaired) electrons. The van der Waals surface area contributed by atoms with Crippen LogP contribution in [0.3, 0.4) is 0 Å². The van der Waals surface area contributed by atoms with Gasteiger partial charge in [-0.2, -0.15) is 17.0 Å². The second-order valence-electron chi connectivity index (χ2n) is 5.15. The summed E-state index contributed by atoms with van der Waals surface area (Å²) in [5.74, 6) is 0.467. The number of piperidine rings is 1. The molecule has 0 bridgehead atoms. The fraction of sp³-hybridized carbons (Fsp3) is 1.00. The van der Waals surface area contributed by atoms with Crippen LogP contribution in [-0.2, 0) is 14.9 Å². The molecule has 0 saturated carbocycles. The molecule has 6 heteroatoms. The molecular weight excluding hydrogens is 240 g/mol. The maximum atomic E-state index is 12.5. The third-order valence-corrected chi connectivity index (χ3v) is 5.67. The first-order chi connectivity index (χ1) is 8.01. The van der Waals surface area contributed by atoms with Gasteiger partial charge in [0.05, 0.1) is 13.2 Å². The smallest absolute Gasteiger partial charge is 0.282 e. The lowest BCUT2D eigenvalue weighted by atomic mass is 10.0. The van der Waals surface area contributed by atoms with Crippen molar-refractivity contribution in [3.05, 3.63) is 0 Å². The van der Waals surface area contributed by atoms with Gasteiger partial charge in [-0.05, 0) is 25.7 Å². The van der Waals surface area contributed by atoms with E-state index in [1.807, 2.05) is 6.92 Å². The lowest BCUT2D eigenvalue weighted by molar-refractivity contribution is 0.0355. The summed E-state index contributed by atoms with van der Waals surface area (Å²) in [7, 11) is -3.28. The van der Waals surface area contributed by atoms with Crippen molar-refractivity contribution in [1.82, 2.24) is 8.61 Å². The molecular formula is C11H22N2O3S. The number of morpholine rings is 1. The van der Waals surface area contributed by atoms with Crippen molar-refractivity contribution in [3.63, 3.8) is 0 Å². The Morgan fingerprint density at radius 3 is 2.65 bits per heavy atom. The van der Waals surface area contributed by atoms with Crippen LogP contribution in [0.2, 0.25) is 0 Å². The van der Waals surface area contributed by atoms with Crippen LogP contribution in [0.15, 0.2) is 0 Å². The van der Waals surface area contributed by atoms with Gasteiger partial charge >= 0.3 is 0 Å². The molecule has 2 aliphatic rings. The number of rotatable bonds is 2. The molecule has 2 fully saturated rings. The van der Waals surface area contributed by atoms with Gasteiger partial charge in [0, 0.05) is 25.7 Å². The van der Waals surface area contributed by atoms with Gasteiger partial charge in [-0.1, -0.05) is 6.92 Å². The first-order valence-electron chi connectivity index (χ1n) is 6.36. The van der Waals surface area contributed by atoms with Crippen LogP contribution in [0, 0.1) is 5.92 Å². The monoisotopic (exact) mass is 262 g/mol. The van der Waals surface area contributed by atoms with E-state index >= 15 is 0 Å². The maximum absolute atomic E-state index is 12.5. The third-order valence-electron chi connectivity index (χ3n) is 3.55. The van der Waals surface area contributed by atoms with Gasteiger partial charge in [0.15, 0.2) is 0 Å². The molecule has 0 aromatic carbocycles. The molecule has 17 heavy (non-hydrogen) atoms. The predicted molar refractivity (Wildman–Crippen MR) is 65.9 cm³/mol. The van der Waals surface area contributed by atoms with Gasteiger partial charge in [-0.15, -0.1) is 0 Å². The average Bonchev–Trinajstić information content (AvgIpc) is 2.29. The molecule has 0 aliphatic carbocycles. The van der Waals surface area contributed by atoms with E-state index in [0.29, 0.717) is 38.8 Å². The molecule has 0 spiro atoms. The molecule has 2 rings (SSSR count). The quantitative estimate of drug-likeness (QED) is 0.735. The molecule has 0 aromatic heterocycles. The van der Waals surface area contributed by atoms with Gasteiger partial charge < -0.3 is 4.74 Å². The molecule has 0 unspecified atom stereocenters. The molecule has 2 saturated heterocycles. The highest BCUT2D eigenvalue weighted by Crippen LogP contribution is 2.22. The fourth-order valence-corrected chi connectivity index (χ4v) is 4.48. The van der Waals surface area contributed by atoms with Crippen LogP contribution in [0.4, 0.5) is 0 Å². The fourth-order valence-electron chi connectivity index (χ4n) is 2.56. The minimum absolute atomic E-state index is 0.0500. The summed E-state index contributed by atoms with van der Waals surface area (Å²) in [6, 6.07) is -0.0500. The molecule has 2 aliphatic heterocycles. The van der Waals surface area contributed by atoms with Crippen molar-refractivity contribution in [2.45, 2.75) is 32.7 Å². The number of nitrogens with zero attached hydrogens (tertiary/aromatic N) is 2. The molecule has 2 atom stereocenters. The van der Waals surface area contributed by atoms with Crippen LogP contribution >= 0.6 is 0 Å². The van der Waals surface area contributed by atoms with E-state index in [9.17, 15) is 8.42 Å². The molecule has 0 aromatic rings. The summed E-state index contributed by atoms with van der Waals surface area (Å²) in [5, 5.41) is 0. The summed E-state index contributed by atoms with van der Waals surface area (Å²) < 4.78 is 33.5. The average molecular weight is 262 g/mol. The van der Waals surface area contributed by atoms with Crippen LogP contribution in [0.5, 0.6) is 0 Å². The SMILES string of the molecule is C[C@H]1CCCN(S(=O)(=O)N2CCOC[C@H]2C)C1. The van der Waals surface area contributed by atoms with Crippen LogP contribution in [0.1, 0.15) is 26.7 Å². The largest absolute Gasteiger partial charge is 0.378 e. The number of hydrogen-bond acceptors (Lipinski definition) is 3. The first kappa shape index (κ1) is 13.3. The van der Waals surface area contributed by atoms with E-state index in [0.717, 1.165) is 12.8 Å². The lowest BCUT2D eigenvalue weighted by Crippen LogP contribution is -2.54. The zero-order chi connectivity index (χ0) is 12.5. The van der Waals surface area contributed by atoms with Crippen molar-refractivity contribution in [2.75, 3.05) is 32.8 Å². The maximum Gasteiger partial charge on any atom is 0.282 e. The zero-order valence-electron chi connectivity index (χ0n) is 10.6. The highest BCUT2D eigenvalue weighted by atomic mass is 32.2. The van der Waals surface area contributed by atoms with E-state index in [1.54, 1.807) is 8.61 Å². The van der Waals surface area contributed by atoms with Crippen molar-refractivity contribution in [1.29, 1.82) is 0 Å². The topological polar surface area (TPSA) is 49.9 Å². The van der Waals surface area contributed by atoms with E-state index in [1.165, 1.54) is 0 Å². The molecule has 0 amide bonds. The Kier molecular flexibility index (Phi) is 4.07. The van der Waals surface area contributed by atoms with E-state index in [4.69, 9.17) is 4.74 Å². The molecule has 5 nitrogen and oxygen atoms in total. The second-order valence-corrected chi connectivity index (χ2v) is 7.03. The molecule has 2 heterocycles. The van der Waals surface area contributed by atoms with Crippen LogP contribution < -0.4 is 0 Å². The second kappa shape index (κ2) is 5.22. The Morgan fingerprint density at radius 1 is 1.24 bits per heavy atom. The highest BCUT2D eigenvalue weighted by Gasteiger charge is 2.36. The van der Waals surface area contributed by atoms with Gasteiger partial charge in [0.2, 0.25) is 0 Å². The Balaban J connectivity index is 2.11. The summed E-state index contributed by atoms with van der Waals surface area (Å²) in [4.78, 5) is 0.